The van der Waals surface area contributed by atoms with Gasteiger partial charge >= 0.3 is 11.9 Å². The number of hydrogen-bond acceptors (Lipinski definition) is 5. The minimum Gasteiger partial charge on any atom is -0.381 e. The number of nitrogens with zero attached hydrogens (tertiary/aromatic N) is 2. The predicted octanol–water partition coefficient (Wildman–Crippen LogP) is 0.405. The Labute approximate surface area is 158 Å². The SMILES string of the molecule is CN1C(=O)C2=CC(S(=O)(=O)NC3(C)CC3)C=CC2=[N+](CC2CCOC2)C1=O. The number of carbonyl (C=O) groups is 2. The molecule has 2 fully saturated rings. The van der Waals surface area contributed by atoms with Crippen molar-refractivity contribution < 1.29 is 27.3 Å². The van der Waals surface area contributed by atoms with Gasteiger partial charge in [0.2, 0.25) is 10.0 Å². The first-order valence-corrected chi connectivity index (χ1v) is 10.7. The molecule has 9 heteroatoms. The molecule has 2 atom stereocenters. The number of allylic oxidation sites excluding steroid dienone is 1. The fraction of sp³-hybridized carbons (Fsp3) is 0.611. The van der Waals surface area contributed by atoms with Crippen molar-refractivity contribution in [2.75, 3.05) is 26.8 Å². The third-order valence-electron chi connectivity index (χ3n) is 5.61. The molecule has 2 heterocycles. The Kier molecular flexibility index (Phi) is 4.36. The molecule has 1 saturated carbocycles. The number of sulfonamides is 1. The normalized spacial score (nSPS) is 29.9. The van der Waals surface area contributed by atoms with E-state index in [9.17, 15) is 18.0 Å². The minimum absolute atomic E-state index is 0.204. The zero-order valence-corrected chi connectivity index (χ0v) is 16.3. The fourth-order valence-corrected chi connectivity index (χ4v) is 5.23. The van der Waals surface area contributed by atoms with Crippen LogP contribution >= 0.6 is 0 Å². The van der Waals surface area contributed by atoms with Gasteiger partial charge in [0.05, 0.1) is 20.2 Å². The molecule has 0 aromatic carbocycles. The number of imide groups is 1. The number of fused-ring (bicyclic) bond motifs is 1. The van der Waals surface area contributed by atoms with Crippen molar-refractivity contribution in [2.45, 2.75) is 37.0 Å². The zero-order chi connectivity index (χ0) is 19.4. The Hall–Kier alpha value is -1.84. The molecule has 2 aliphatic heterocycles. The molecule has 0 bridgehead atoms. The maximum atomic E-state index is 12.7. The van der Waals surface area contributed by atoms with Crippen LogP contribution in [0.1, 0.15) is 26.2 Å². The number of ether oxygens (including phenoxy) is 1. The van der Waals surface area contributed by atoms with Crippen molar-refractivity contribution in [3.05, 3.63) is 23.8 Å². The predicted molar refractivity (Wildman–Crippen MR) is 97.9 cm³/mol. The second-order valence-electron chi connectivity index (χ2n) is 7.98. The van der Waals surface area contributed by atoms with Crippen molar-refractivity contribution >= 4 is 27.7 Å². The van der Waals surface area contributed by atoms with E-state index in [2.05, 4.69) is 4.72 Å². The molecule has 3 amide bonds. The van der Waals surface area contributed by atoms with Crippen LogP contribution in [-0.4, -0.2) is 73.1 Å². The Morgan fingerprint density at radius 3 is 2.74 bits per heavy atom. The van der Waals surface area contributed by atoms with Crippen LogP contribution in [0.3, 0.4) is 0 Å². The third kappa shape index (κ3) is 3.39. The van der Waals surface area contributed by atoms with Crippen LogP contribution in [0.5, 0.6) is 0 Å². The lowest BCUT2D eigenvalue weighted by Gasteiger charge is -2.25. The van der Waals surface area contributed by atoms with E-state index in [1.54, 1.807) is 10.7 Å². The molecule has 1 N–H and O–H groups in total. The van der Waals surface area contributed by atoms with Gasteiger partial charge in [-0.25, -0.2) is 17.9 Å². The van der Waals surface area contributed by atoms with Gasteiger partial charge in [-0.2, -0.15) is 14.3 Å². The second-order valence-corrected chi connectivity index (χ2v) is 9.82. The summed E-state index contributed by atoms with van der Waals surface area (Å²) in [4.78, 5) is 26.3. The van der Waals surface area contributed by atoms with Crippen LogP contribution < -0.4 is 4.72 Å². The minimum atomic E-state index is -3.64. The first-order valence-electron chi connectivity index (χ1n) is 9.18. The summed E-state index contributed by atoms with van der Waals surface area (Å²) in [6, 6.07) is -0.395. The quantitative estimate of drug-likeness (QED) is 0.681. The Morgan fingerprint density at radius 1 is 1.37 bits per heavy atom. The molecule has 2 aliphatic carbocycles. The number of likely N-dealkylation sites (N-methyl/N-ethyl adjacent to an activating group) is 1. The van der Waals surface area contributed by atoms with Crippen LogP contribution in [0.25, 0.3) is 0 Å². The smallest absolute Gasteiger partial charge is 0.381 e. The summed E-state index contributed by atoms with van der Waals surface area (Å²) >= 11 is 0. The third-order valence-corrected chi connectivity index (χ3v) is 7.39. The highest BCUT2D eigenvalue weighted by molar-refractivity contribution is 7.90. The first kappa shape index (κ1) is 18.5. The van der Waals surface area contributed by atoms with Crippen LogP contribution in [-0.2, 0) is 19.6 Å². The lowest BCUT2D eigenvalue weighted by Crippen LogP contribution is -2.51. The molecule has 4 aliphatic rings. The highest BCUT2D eigenvalue weighted by Crippen LogP contribution is 2.36. The monoisotopic (exact) mass is 394 g/mol. The first-order chi connectivity index (χ1) is 12.7. The molecule has 8 nitrogen and oxygen atoms in total. The molecule has 0 aromatic rings. The topological polar surface area (TPSA) is 95.8 Å². The van der Waals surface area contributed by atoms with E-state index in [1.165, 1.54) is 19.2 Å². The molecule has 4 rings (SSSR count). The van der Waals surface area contributed by atoms with Crippen molar-refractivity contribution in [1.29, 1.82) is 0 Å². The van der Waals surface area contributed by atoms with Gasteiger partial charge in [0.1, 0.15) is 16.5 Å². The van der Waals surface area contributed by atoms with Gasteiger partial charge in [-0.1, -0.05) is 6.08 Å². The van der Waals surface area contributed by atoms with E-state index in [0.29, 0.717) is 25.5 Å². The number of hydrogen-bond donors (Lipinski definition) is 1. The lowest BCUT2D eigenvalue weighted by molar-refractivity contribution is -0.444. The van der Waals surface area contributed by atoms with E-state index in [1.807, 2.05) is 6.92 Å². The average Bonchev–Trinajstić information content (AvgIpc) is 3.12. The molecular formula is C18H24N3O5S+. The van der Waals surface area contributed by atoms with E-state index in [4.69, 9.17) is 4.74 Å². The second kappa shape index (κ2) is 6.35. The average molecular weight is 394 g/mol. The van der Waals surface area contributed by atoms with Crippen LogP contribution in [0, 0.1) is 5.92 Å². The molecule has 2 unspecified atom stereocenters. The number of nitrogens with one attached hydrogen (secondary N) is 1. The van der Waals surface area contributed by atoms with Gasteiger partial charge in [0.15, 0.2) is 0 Å². The molecule has 146 valence electrons. The standard InChI is InChI=1S/C18H24N3O5S/c1-18(6-7-18)19-27(24,25)13-3-4-15-14(9-13)16(22)20(2)17(23)21(15)10-12-5-8-26-11-12/h3-4,9,12-13,19H,5-8,10-11H2,1-2H3/q+1. The van der Waals surface area contributed by atoms with Crippen molar-refractivity contribution in [3.63, 3.8) is 0 Å². The molecule has 27 heavy (non-hydrogen) atoms. The van der Waals surface area contributed by atoms with Crippen molar-refractivity contribution in [3.8, 4) is 0 Å². The van der Waals surface area contributed by atoms with Crippen LogP contribution in [0.4, 0.5) is 4.79 Å². The number of carbonyl (C=O) groups excluding carboxylic acids is 2. The van der Waals surface area contributed by atoms with Crippen LogP contribution in [0.2, 0.25) is 0 Å². The maximum absolute atomic E-state index is 12.7. The summed E-state index contributed by atoms with van der Waals surface area (Å²) in [7, 11) is -2.22. The van der Waals surface area contributed by atoms with E-state index < -0.39 is 27.2 Å². The zero-order valence-electron chi connectivity index (χ0n) is 15.5. The lowest BCUT2D eigenvalue weighted by atomic mass is 9.99. The molecule has 0 aromatic heterocycles. The number of urea groups is 1. The van der Waals surface area contributed by atoms with Gasteiger partial charge in [-0.05, 0) is 38.3 Å². The number of amides is 3. The van der Waals surface area contributed by atoms with Crippen LogP contribution in [0.15, 0.2) is 23.8 Å². The van der Waals surface area contributed by atoms with E-state index in [-0.39, 0.29) is 17.0 Å². The van der Waals surface area contributed by atoms with Gasteiger partial charge in [-0.3, -0.25) is 0 Å². The molecular weight excluding hydrogens is 370 g/mol. The highest BCUT2D eigenvalue weighted by atomic mass is 32.2. The van der Waals surface area contributed by atoms with Gasteiger partial charge in [0, 0.05) is 18.1 Å². The summed E-state index contributed by atoms with van der Waals surface area (Å²) in [5.74, 6) is -0.272. The fourth-order valence-electron chi connectivity index (χ4n) is 3.60. The Balaban J connectivity index is 1.68. The van der Waals surface area contributed by atoms with Gasteiger partial charge in [0.25, 0.3) is 0 Å². The summed E-state index contributed by atoms with van der Waals surface area (Å²) in [5.41, 5.74) is 0.349. The summed E-state index contributed by atoms with van der Waals surface area (Å²) in [6.07, 6.45) is 7.06. The van der Waals surface area contributed by atoms with Gasteiger partial charge < -0.3 is 4.74 Å². The molecule has 0 radical (unpaired) electrons. The van der Waals surface area contributed by atoms with Crippen molar-refractivity contribution in [2.24, 2.45) is 5.92 Å². The summed E-state index contributed by atoms with van der Waals surface area (Å²) < 4.78 is 35.0. The maximum Gasteiger partial charge on any atom is 0.501 e. The summed E-state index contributed by atoms with van der Waals surface area (Å²) in [5, 5.41) is -0.934. The highest BCUT2D eigenvalue weighted by Gasteiger charge is 2.46. The van der Waals surface area contributed by atoms with E-state index in [0.717, 1.165) is 24.2 Å². The Bertz CT molecular complexity index is 892. The largest absolute Gasteiger partial charge is 0.501 e. The van der Waals surface area contributed by atoms with E-state index >= 15 is 0 Å². The molecule has 0 spiro atoms. The Morgan fingerprint density at radius 2 is 2.11 bits per heavy atom. The molecule has 1 saturated heterocycles. The summed E-state index contributed by atoms with van der Waals surface area (Å²) in [6.45, 7) is 3.56. The van der Waals surface area contributed by atoms with Gasteiger partial charge in [-0.15, -0.1) is 0 Å². The number of rotatable bonds is 5. The van der Waals surface area contributed by atoms with Crippen molar-refractivity contribution in [1.82, 2.24) is 9.62 Å².